The number of nitrogens with zero attached hydrogens (tertiary/aromatic N) is 1. The van der Waals surface area contributed by atoms with Crippen molar-refractivity contribution >= 4 is 39.1 Å². The summed E-state index contributed by atoms with van der Waals surface area (Å²) < 4.78 is 26.0. The number of halogens is 1. The van der Waals surface area contributed by atoms with Crippen molar-refractivity contribution in [3.05, 3.63) is 58.6 Å². The van der Waals surface area contributed by atoms with Gasteiger partial charge in [-0.15, -0.1) is 0 Å². The number of anilines is 1. The number of benzene rings is 2. The van der Waals surface area contributed by atoms with E-state index >= 15 is 0 Å². The Kier molecular flexibility index (Phi) is 7.40. The molecule has 0 saturated heterocycles. The van der Waals surface area contributed by atoms with Crippen LogP contribution in [0.3, 0.4) is 0 Å². The van der Waals surface area contributed by atoms with Gasteiger partial charge in [-0.25, -0.2) is 12.7 Å². The molecule has 0 unspecified atom stereocenters. The van der Waals surface area contributed by atoms with Gasteiger partial charge in [0.15, 0.2) is 0 Å². The maximum absolute atomic E-state index is 12.6. The number of hydrogen-bond donors (Lipinski definition) is 2. The maximum atomic E-state index is 12.6. The quantitative estimate of drug-likeness (QED) is 0.695. The normalized spacial score (nSPS) is 12.5. The van der Waals surface area contributed by atoms with E-state index in [2.05, 4.69) is 10.6 Å². The van der Waals surface area contributed by atoms with E-state index in [1.807, 2.05) is 0 Å². The highest BCUT2D eigenvalue weighted by Gasteiger charge is 2.22. The van der Waals surface area contributed by atoms with Crippen LogP contribution in [0.4, 0.5) is 5.69 Å². The Morgan fingerprint density at radius 3 is 2.38 bits per heavy atom. The molecule has 2 aromatic carbocycles. The van der Waals surface area contributed by atoms with E-state index in [0.717, 1.165) is 4.31 Å². The zero-order chi connectivity index (χ0) is 21.8. The SMILES string of the molecule is CC(=O)N[C@@H](CC(=O)Nc1ccc(C)c(S(=O)(=O)N(C)C)c1)c1ccccc1Cl. The van der Waals surface area contributed by atoms with Crippen molar-refractivity contribution in [2.24, 2.45) is 0 Å². The third kappa shape index (κ3) is 5.79. The monoisotopic (exact) mass is 437 g/mol. The molecule has 0 saturated carbocycles. The van der Waals surface area contributed by atoms with Crippen molar-refractivity contribution in [2.45, 2.75) is 31.2 Å². The fourth-order valence-electron chi connectivity index (χ4n) is 2.79. The van der Waals surface area contributed by atoms with E-state index in [9.17, 15) is 18.0 Å². The number of amides is 2. The number of hydrogen-bond acceptors (Lipinski definition) is 4. The summed E-state index contributed by atoms with van der Waals surface area (Å²) in [7, 11) is -0.754. The fraction of sp³-hybridized carbons (Fsp3) is 0.300. The lowest BCUT2D eigenvalue weighted by Gasteiger charge is -2.20. The molecule has 0 heterocycles. The summed E-state index contributed by atoms with van der Waals surface area (Å²) in [5, 5.41) is 5.86. The summed E-state index contributed by atoms with van der Waals surface area (Å²) in [6.07, 6.45) is -0.0625. The van der Waals surface area contributed by atoms with Crippen molar-refractivity contribution in [1.82, 2.24) is 9.62 Å². The van der Waals surface area contributed by atoms with Crippen LogP contribution in [0, 0.1) is 6.92 Å². The molecule has 0 aromatic heterocycles. The average Bonchev–Trinajstić information content (AvgIpc) is 2.62. The highest BCUT2D eigenvalue weighted by Crippen LogP contribution is 2.26. The molecular weight excluding hydrogens is 414 g/mol. The molecule has 0 bridgehead atoms. The predicted molar refractivity (Wildman–Crippen MR) is 113 cm³/mol. The van der Waals surface area contributed by atoms with Crippen LogP contribution in [0.25, 0.3) is 0 Å². The Morgan fingerprint density at radius 2 is 1.79 bits per heavy atom. The molecule has 156 valence electrons. The number of rotatable bonds is 7. The first kappa shape index (κ1) is 22.9. The van der Waals surface area contributed by atoms with Crippen molar-refractivity contribution < 1.29 is 18.0 Å². The lowest BCUT2D eigenvalue weighted by atomic mass is 10.0. The number of carbonyl (C=O) groups is 2. The second-order valence-corrected chi connectivity index (χ2v) is 9.32. The molecule has 1 atom stereocenters. The van der Waals surface area contributed by atoms with Crippen molar-refractivity contribution in [1.29, 1.82) is 0 Å². The minimum atomic E-state index is -3.65. The summed E-state index contributed by atoms with van der Waals surface area (Å²) >= 11 is 6.21. The third-order valence-electron chi connectivity index (χ3n) is 4.28. The first-order valence-corrected chi connectivity index (χ1v) is 10.7. The highest BCUT2D eigenvalue weighted by atomic mass is 35.5. The number of sulfonamides is 1. The van der Waals surface area contributed by atoms with Gasteiger partial charge in [0, 0.05) is 31.7 Å². The summed E-state index contributed by atoms with van der Waals surface area (Å²) in [6.45, 7) is 3.05. The van der Waals surface area contributed by atoms with Gasteiger partial charge in [-0.1, -0.05) is 35.9 Å². The van der Waals surface area contributed by atoms with Gasteiger partial charge in [-0.3, -0.25) is 9.59 Å². The predicted octanol–water partition coefficient (Wildman–Crippen LogP) is 3.10. The van der Waals surface area contributed by atoms with Gasteiger partial charge in [0.05, 0.1) is 17.4 Å². The number of carbonyl (C=O) groups excluding carboxylic acids is 2. The van der Waals surface area contributed by atoms with Crippen LogP contribution in [-0.4, -0.2) is 38.6 Å². The maximum Gasteiger partial charge on any atom is 0.242 e. The van der Waals surface area contributed by atoms with E-state index in [1.165, 1.54) is 27.1 Å². The van der Waals surface area contributed by atoms with E-state index in [-0.39, 0.29) is 23.1 Å². The molecule has 2 aromatic rings. The highest BCUT2D eigenvalue weighted by molar-refractivity contribution is 7.89. The molecule has 29 heavy (non-hydrogen) atoms. The molecule has 0 aliphatic carbocycles. The van der Waals surface area contributed by atoms with Crippen LogP contribution in [0.15, 0.2) is 47.4 Å². The second-order valence-electron chi connectivity index (χ2n) is 6.79. The van der Waals surface area contributed by atoms with E-state index in [4.69, 9.17) is 11.6 Å². The summed E-state index contributed by atoms with van der Waals surface area (Å²) in [6, 6.07) is 11.0. The minimum Gasteiger partial charge on any atom is -0.349 e. The van der Waals surface area contributed by atoms with Crippen molar-refractivity contribution in [3.63, 3.8) is 0 Å². The Morgan fingerprint density at radius 1 is 1.14 bits per heavy atom. The molecule has 0 spiro atoms. The molecule has 0 aliphatic rings. The van der Waals surface area contributed by atoms with Gasteiger partial charge in [0.25, 0.3) is 0 Å². The van der Waals surface area contributed by atoms with Crippen LogP contribution in [0.1, 0.15) is 30.5 Å². The van der Waals surface area contributed by atoms with E-state index in [0.29, 0.717) is 21.8 Å². The Labute approximate surface area is 176 Å². The molecule has 2 rings (SSSR count). The molecule has 7 nitrogen and oxygen atoms in total. The molecule has 0 aliphatic heterocycles. The molecule has 9 heteroatoms. The van der Waals surface area contributed by atoms with Gasteiger partial charge in [-0.05, 0) is 36.2 Å². The van der Waals surface area contributed by atoms with Gasteiger partial charge in [0.1, 0.15) is 0 Å². The van der Waals surface area contributed by atoms with Crippen LogP contribution >= 0.6 is 11.6 Å². The molecule has 0 radical (unpaired) electrons. The second kappa shape index (κ2) is 9.39. The van der Waals surface area contributed by atoms with Crippen molar-refractivity contribution in [2.75, 3.05) is 19.4 Å². The summed E-state index contributed by atoms with van der Waals surface area (Å²) in [5.74, 6) is -0.682. The Balaban J connectivity index is 2.25. The van der Waals surface area contributed by atoms with Crippen molar-refractivity contribution in [3.8, 4) is 0 Å². The zero-order valence-electron chi connectivity index (χ0n) is 16.7. The van der Waals surface area contributed by atoms with Crippen LogP contribution in [0.5, 0.6) is 0 Å². The molecule has 2 N–H and O–H groups in total. The first-order chi connectivity index (χ1) is 13.5. The lowest BCUT2D eigenvalue weighted by Crippen LogP contribution is -2.30. The Bertz CT molecular complexity index is 1020. The van der Waals surface area contributed by atoms with E-state index < -0.39 is 16.1 Å². The topological polar surface area (TPSA) is 95.6 Å². The minimum absolute atomic E-state index is 0.0625. The molecule has 2 amide bonds. The first-order valence-electron chi connectivity index (χ1n) is 8.87. The largest absolute Gasteiger partial charge is 0.349 e. The summed E-state index contributed by atoms with van der Waals surface area (Å²) in [4.78, 5) is 24.3. The fourth-order valence-corrected chi connectivity index (χ4v) is 4.20. The van der Waals surface area contributed by atoms with Gasteiger partial charge < -0.3 is 10.6 Å². The third-order valence-corrected chi connectivity index (χ3v) is 6.58. The standard InChI is InChI=1S/C20H24ClN3O4S/c1-13-9-10-15(11-19(13)29(27,28)24(3)4)23-20(26)12-18(22-14(2)25)16-7-5-6-8-17(16)21/h5-11,18H,12H2,1-4H3,(H,22,25)(H,23,26)/t18-/m0/s1. The van der Waals surface area contributed by atoms with E-state index in [1.54, 1.807) is 43.3 Å². The van der Waals surface area contributed by atoms with Crippen LogP contribution < -0.4 is 10.6 Å². The number of nitrogens with one attached hydrogen (secondary N) is 2. The molecule has 0 fully saturated rings. The Hall–Kier alpha value is -2.42. The zero-order valence-corrected chi connectivity index (χ0v) is 18.3. The summed E-state index contributed by atoms with van der Waals surface area (Å²) in [5.41, 5.74) is 1.55. The van der Waals surface area contributed by atoms with Gasteiger partial charge >= 0.3 is 0 Å². The lowest BCUT2D eigenvalue weighted by molar-refractivity contribution is -0.120. The smallest absolute Gasteiger partial charge is 0.242 e. The number of aryl methyl sites for hydroxylation is 1. The molecular formula is C20H24ClN3O4S. The average molecular weight is 438 g/mol. The van der Waals surface area contributed by atoms with Crippen LogP contribution in [0.2, 0.25) is 5.02 Å². The van der Waals surface area contributed by atoms with Gasteiger partial charge in [0.2, 0.25) is 21.8 Å². The van der Waals surface area contributed by atoms with Gasteiger partial charge in [-0.2, -0.15) is 0 Å². The van der Waals surface area contributed by atoms with Crippen LogP contribution in [-0.2, 0) is 19.6 Å².